The monoisotopic (exact) mass is 374 g/mol. The maximum atomic E-state index is 12.1. The van der Waals surface area contributed by atoms with Crippen molar-refractivity contribution in [3.05, 3.63) is 95.6 Å². The summed E-state index contributed by atoms with van der Waals surface area (Å²) in [7, 11) is 0. The minimum Gasteiger partial charge on any atom is -0.489 e. The molecule has 4 heteroatoms. The van der Waals surface area contributed by atoms with Crippen molar-refractivity contribution in [1.29, 1.82) is 0 Å². The molecule has 0 aromatic heterocycles. The molecule has 0 spiro atoms. The molecule has 4 nitrogen and oxygen atoms in total. The first kappa shape index (κ1) is 19.6. The third-order valence-electron chi connectivity index (χ3n) is 4.36. The standard InChI is InChI=1S/C24H26N2O2/c1-19-7-9-20(10-8-19)17-25-16-15-24(27)26-22-11-13-23(14-12-22)28-18-21-5-3-2-4-6-21/h2-14,25H,15-18H2,1H3,(H,26,27). The molecule has 0 unspecified atom stereocenters. The van der Waals surface area contributed by atoms with Gasteiger partial charge in [-0.05, 0) is 42.3 Å². The van der Waals surface area contributed by atoms with Gasteiger partial charge in [-0.3, -0.25) is 4.79 Å². The summed E-state index contributed by atoms with van der Waals surface area (Å²) in [6.45, 7) is 4.00. The van der Waals surface area contributed by atoms with Gasteiger partial charge in [0.2, 0.25) is 5.91 Å². The normalized spacial score (nSPS) is 10.5. The van der Waals surface area contributed by atoms with Crippen molar-refractivity contribution in [3.63, 3.8) is 0 Å². The number of nitrogens with one attached hydrogen (secondary N) is 2. The molecule has 0 fully saturated rings. The van der Waals surface area contributed by atoms with Crippen LogP contribution in [0.2, 0.25) is 0 Å². The Labute approximate surface area is 166 Å². The van der Waals surface area contributed by atoms with Crippen molar-refractivity contribution >= 4 is 11.6 Å². The van der Waals surface area contributed by atoms with E-state index in [0.717, 1.165) is 23.5 Å². The number of carbonyl (C=O) groups excluding carboxylic acids is 1. The molecule has 0 aliphatic carbocycles. The van der Waals surface area contributed by atoms with Gasteiger partial charge in [0.25, 0.3) is 0 Å². The van der Waals surface area contributed by atoms with Crippen LogP contribution in [-0.2, 0) is 17.9 Å². The first-order valence-corrected chi connectivity index (χ1v) is 9.52. The van der Waals surface area contributed by atoms with E-state index in [4.69, 9.17) is 4.74 Å². The van der Waals surface area contributed by atoms with Crippen LogP contribution in [0.4, 0.5) is 5.69 Å². The minimum absolute atomic E-state index is 0.00522. The van der Waals surface area contributed by atoms with E-state index >= 15 is 0 Å². The van der Waals surface area contributed by atoms with E-state index in [2.05, 4.69) is 41.8 Å². The molecule has 0 saturated carbocycles. The number of aryl methyl sites for hydroxylation is 1. The number of hydrogen-bond donors (Lipinski definition) is 2. The van der Waals surface area contributed by atoms with Gasteiger partial charge in [-0.25, -0.2) is 0 Å². The van der Waals surface area contributed by atoms with Gasteiger partial charge in [0.1, 0.15) is 12.4 Å². The lowest BCUT2D eigenvalue weighted by Crippen LogP contribution is -2.21. The Kier molecular flexibility index (Phi) is 7.21. The molecule has 0 radical (unpaired) electrons. The highest BCUT2D eigenvalue weighted by molar-refractivity contribution is 5.90. The molecule has 0 bridgehead atoms. The highest BCUT2D eigenvalue weighted by Crippen LogP contribution is 2.17. The van der Waals surface area contributed by atoms with E-state index < -0.39 is 0 Å². The lowest BCUT2D eigenvalue weighted by atomic mass is 10.1. The van der Waals surface area contributed by atoms with Gasteiger partial charge in [-0.1, -0.05) is 60.2 Å². The van der Waals surface area contributed by atoms with Crippen LogP contribution >= 0.6 is 0 Å². The van der Waals surface area contributed by atoms with Gasteiger partial charge >= 0.3 is 0 Å². The van der Waals surface area contributed by atoms with Gasteiger partial charge in [-0.15, -0.1) is 0 Å². The van der Waals surface area contributed by atoms with Gasteiger partial charge in [0.05, 0.1) is 0 Å². The SMILES string of the molecule is Cc1ccc(CNCCC(=O)Nc2ccc(OCc3ccccc3)cc2)cc1. The molecular formula is C24H26N2O2. The summed E-state index contributed by atoms with van der Waals surface area (Å²) < 4.78 is 5.76. The Morgan fingerprint density at radius 3 is 2.29 bits per heavy atom. The molecule has 0 saturated heterocycles. The van der Waals surface area contributed by atoms with E-state index in [-0.39, 0.29) is 5.91 Å². The summed E-state index contributed by atoms with van der Waals surface area (Å²) in [6.07, 6.45) is 0.429. The summed E-state index contributed by atoms with van der Waals surface area (Å²) in [6, 6.07) is 25.9. The highest BCUT2D eigenvalue weighted by atomic mass is 16.5. The number of hydrogen-bond acceptors (Lipinski definition) is 3. The number of amides is 1. The molecule has 0 atom stereocenters. The van der Waals surface area contributed by atoms with Crippen LogP contribution in [0, 0.1) is 6.92 Å². The maximum absolute atomic E-state index is 12.1. The van der Waals surface area contributed by atoms with Crippen molar-refractivity contribution in [3.8, 4) is 5.75 Å². The van der Waals surface area contributed by atoms with Gasteiger partial charge < -0.3 is 15.4 Å². The predicted molar refractivity (Wildman–Crippen MR) is 113 cm³/mol. The third-order valence-corrected chi connectivity index (χ3v) is 4.36. The Balaban J connectivity index is 1.36. The maximum Gasteiger partial charge on any atom is 0.225 e. The van der Waals surface area contributed by atoms with Crippen molar-refractivity contribution in [1.82, 2.24) is 5.32 Å². The van der Waals surface area contributed by atoms with Crippen LogP contribution in [-0.4, -0.2) is 12.5 Å². The predicted octanol–water partition coefficient (Wildman–Crippen LogP) is 4.69. The Morgan fingerprint density at radius 1 is 0.857 bits per heavy atom. The molecular weight excluding hydrogens is 348 g/mol. The van der Waals surface area contributed by atoms with Crippen LogP contribution in [0.3, 0.4) is 0 Å². The van der Waals surface area contributed by atoms with Crippen molar-refractivity contribution in [2.75, 3.05) is 11.9 Å². The second-order valence-electron chi connectivity index (χ2n) is 6.76. The lowest BCUT2D eigenvalue weighted by Gasteiger charge is -2.09. The summed E-state index contributed by atoms with van der Waals surface area (Å²) in [5.41, 5.74) is 4.37. The summed E-state index contributed by atoms with van der Waals surface area (Å²) in [4.78, 5) is 12.1. The van der Waals surface area contributed by atoms with E-state index in [1.165, 1.54) is 11.1 Å². The van der Waals surface area contributed by atoms with Crippen LogP contribution in [0.1, 0.15) is 23.1 Å². The molecule has 1 amide bonds. The highest BCUT2D eigenvalue weighted by Gasteiger charge is 2.03. The van der Waals surface area contributed by atoms with Crippen LogP contribution in [0.5, 0.6) is 5.75 Å². The summed E-state index contributed by atoms with van der Waals surface area (Å²) in [5.74, 6) is 0.774. The zero-order chi connectivity index (χ0) is 19.6. The van der Waals surface area contributed by atoms with Crippen LogP contribution in [0.15, 0.2) is 78.9 Å². The van der Waals surface area contributed by atoms with Gasteiger partial charge in [0, 0.05) is 25.2 Å². The molecule has 3 aromatic rings. The Hall–Kier alpha value is -3.11. The minimum atomic E-state index is -0.00522. The molecule has 0 aliphatic heterocycles. The number of carbonyl (C=O) groups is 1. The summed E-state index contributed by atoms with van der Waals surface area (Å²) in [5, 5.41) is 6.21. The van der Waals surface area contributed by atoms with Crippen molar-refractivity contribution in [2.24, 2.45) is 0 Å². The third kappa shape index (κ3) is 6.56. The molecule has 0 heterocycles. The smallest absolute Gasteiger partial charge is 0.225 e. The zero-order valence-corrected chi connectivity index (χ0v) is 16.2. The quantitative estimate of drug-likeness (QED) is 0.534. The molecule has 3 rings (SSSR count). The fraction of sp³-hybridized carbons (Fsp3) is 0.208. The first-order valence-electron chi connectivity index (χ1n) is 9.52. The second kappa shape index (κ2) is 10.3. The fourth-order valence-corrected chi connectivity index (χ4v) is 2.74. The largest absolute Gasteiger partial charge is 0.489 e. The number of rotatable bonds is 9. The molecule has 0 aliphatic rings. The van der Waals surface area contributed by atoms with Crippen molar-refractivity contribution < 1.29 is 9.53 Å². The lowest BCUT2D eigenvalue weighted by molar-refractivity contribution is -0.116. The zero-order valence-electron chi connectivity index (χ0n) is 16.2. The topological polar surface area (TPSA) is 50.4 Å². The van der Waals surface area contributed by atoms with Crippen molar-refractivity contribution in [2.45, 2.75) is 26.5 Å². The number of anilines is 1. The Morgan fingerprint density at radius 2 is 1.57 bits per heavy atom. The first-order chi connectivity index (χ1) is 13.7. The molecule has 2 N–H and O–H groups in total. The molecule has 28 heavy (non-hydrogen) atoms. The Bertz CT molecular complexity index is 859. The second-order valence-corrected chi connectivity index (χ2v) is 6.76. The van der Waals surface area contributed by atoms with Gasteiger partial charge in [0.15, 0.2) is 0 Å². The van der Waals surface area contributed by atoms with E-state index in [0.29, 0.717) is 19.6 Å². The van der Waals surface area contributed by atoms with E-state index in [9.17, 15) is 4.79 Å². The van der Waals surface area contributed by atoms with E-state index in [1.807, 2.05) is 54.6 Å². The molecule has 144 valence electrons. The van der Waals surface area contributed by atoms with Gasteiger partial charge in [-0.2, -0.15) is 0 Å². The average molecular weight is 374 g/mol. The van der Waals surface area contributed by atoms with Crippen LogP contribution in [0.25, 0.3) is 0 Å². The summed E-state index contributed by atoms with van der Waals surface area (Å²) >= 11 is 0. The fourth-order valence-electron chi connectivity index (χ4n) is 2.74. The average Bonchev–Trinajstić information content (AvgIpc) is 2.73. The van der Waals surface area contributed by atoms with E-state index in [1.54, 1.807) is 0 Å². The number of ether oxygens (including phenoxy) is 1. The molecule has 3 aromatic carbocycles. The van der Waals surface area contributed by atoms with Crippen LogP contribution < -0.4 is 15.4 Å². The number of benzene rings is 3.